The molecule has 0 bridgehead atoms. The Hall–Kier alpha value is -0.580. The second-order valence-electron chi connectivity index (χ2n) is 4.54. The summed E-state index contributed by atoms with van der Waals surface area (Å²) >= 11 is 3.45. The summed E-state index contributed by atoms with van der Waals surface area (Å²) in [6, 6.07) is 5.86. The molecule has 0 saturated carbocycles. The number of rotatable bonds is 6. The third kappa shape index (κ3) is 3.97. The standard InChI is InChI=1S/C14H21BrO3/c1-4-10(7-13(17)9(2)16)12-8-11(15)5-6-14(12)18-3/h5-6,8-10,13,16-17H,4,7H2,1-3H3. The number of methoxy groups -OCH3 is 1. The molecule has 0 aliphatic heterocycles. The first-order chi connectivity index (χ1) is 8.49. The predicted molar refractivity (Wildman–Crippen MR) is 76.0 cm³/mol. The highest BCUT2D eigenvalue weighted by Crippen LogP contribution is 2.34. The smallest absolute Gasteiger partial charge is 0.122 e. The summed E-state index contributed by atoms with van der Waals surface area (Å²) in [5.74, 6) is 0.991. The van der Waals surface area contributed by atoms with Crippen LogP contribution in [0.4, 0.5) is 0 Å². The molecular formula is C14H21BrO3. The van der Waals surface area contributed by atoms with E-state index < -0.39 is 12.2 Å². The molecule has 0 saturated heterocycles. The van der Waals surface area contributed by atoms with Crippen LogP contribution < -0.4 is 4.74 Å². The van der Waals surface area contributed by atoms with E-state index in [1.54, 1.807) is 14.0 Å². The number of hydrogen-bond donors (Lipinski definition) is 2. The summed E-state index contributed by atoms with van der Waals surface area (Å²) in [7, 11) is 1.64. The Balaban J connectivity index is 2.97. The Kier molecular flexibility index (Phi) is 6.12. The Bertz CT molecular complexity index is 379. The van der Waals surface area contributed by atoms with Crippen molar-refractivity contribution < 1.29 is 14.9 Å². The van der Waals surface area contributed by atoms with Crippen LogP contribution in [0.3, 0.4) is 0 Å². The van der Waals surface area contributed by atoms with Crippen LogP contribution >= 0.6 is 15.9 Å². The molecule has 102 valence electrons. The van der Waals surface area contributed by atoms with Gasteiger partial charge in [0.15, 0.2) is 0 Å². The topological polar surface area (TPSA) is 49.7 Å². The van der Waals surface area contributed by atoms with Crippen LogP contribution in [0.2, 0.25) is 0 Å². The van der Waals surface area contributed by atoms with Crippen molar-refractivity contribution in [3.8, 4) is 5.75 Å². The zero-order valence-electron chi connectivity index (χ0n) is 11.1. The van der Waals surface area contributed by atoms with E-state index in [1.807, 2.05) is 18.2 Å². The fourth-order valence-electron chi connectivity index (χ4n) is 2.03. The predicted octanol–water partition coefficient (Wildman–Crippen LogP) is 3.08. The fraction of sp³-hybridized carbons (Fsp3) is 0.571. The van der Waals surface area contributed by atoms with Gasteiger partial charge in [-0.15, -0.1) is 0 Å². The molecule has 1 aromatic rings. The van der Waals surface area contributed by atoms with Gasteiger partial charge < -0.3 is 14.9 Å². The van der Waals surface area contributed by atoms with E-state index in [4.69, 9.17) is 4.74 Å². The Morgan fingerprint density at radius 3 is 2.50 bits per heavy atom. The van der Waals surface area contributed by atoms with Gasteiger partial charge in [-0.2, -0.15) is 0 Å². The molecule has 0 amide bonds. The lowest BCUT2D eigenvalue weighted by Crippen LogP contribution is -2.24. The van der Waals surface area contributed by atoms with E-state index in [2.05, 4.69) is 22.9 Å². The number of aliphatic hydroxyl groups is 2. The first-order valence-corrected chi connectivity index (χ1v) is 6.98. The van der Waals surface area contributed by atoms with Gasteiger partial charge in [-0.3, -0.25) is 0 Å². The van der Waals surface area contributed by atoms with Crippen LogP contribution in [0.1, 0.15) is 38.2 Å². The van der Waals surface area contributed by atoms with Gasteiger partial charge in [-0.1, -0.05) is 22.9 Å². The molecule has 18 heavy (non-hydrogen) atoms. The second-order valence-corrected chi connectivity index (χ2v) is 5.45. The van der Waals surface area contributed by atoms with E-state index in [0.29, 0.717) is 6.42 Å². The SMILES string of the molecule is CCC(CC(O)C(C)O)c1cc(Br)ccc1OC. The van der Waals surface area contributed by atoms with E-state index in [-0.39, 0.29) is 5.92 Å². The third-order valence-electron chi connectivity index (χ3n) is 3.21. The summed E-state index contributed by atoms with van der Waals surface area (Å²) in [4.78, 5) is 0. The Labute approximate surface area is 117 Å². The molecule has 0 aliphatic rings. The maximum absolute atomic E-state index is 9.82. The quantitative estimate of drug-likeness (QED) is 0.848. The van der Waals surface area contributed by atoms with Crippen LogP contribution in [0, 0.1) is 0 Å². The largest absolute Gasteiger partial charge is 0.496 e. The molecular weight excluding hydrogens is 296 g/mol. The summed E-state index contributed by atoms with van der Waals surface area (Å²) in [5.41, 5.74) is 1.06. The minimum absolute atomic E-state index is 0.169. The highest BCUT2D eigenvalue weighted by atomic mass is 79.9. The third-order valence-corrected chi connectivity index (χ3v) is 3.70. The molecule has 0 heterocycles. The van der Waals surface area contributed by atoms with E-state index in [9.17, 15) is 10.2 Å². The van der Waals surface area contributed by atoms with Gasteiger partial charge in [0, 0.05) is 4.47 Å². The molecule has 1 rings (SSSR count). The first-order valence-electron chi connectivity index (χ1n) is 6.19. The van der Waals surface area contributed by atoms with Gasteiger partial charge in [0.05, 0.1) is 19.3 Å². The van der Waals surface area contributed by atoms with Crippen molar-refractivity contribution in [3.63, 3.8) is 0 Å². The molecule has 0 radical (unpaired) electrons. The first kappa shape index (κ1) is 15.5. The van der Waals surface area contributed by atoms with Gasteiger partial charge in [-0.25, -0.2) is 0 Å². The molecule has 0 aromatic heterocycles. The van der Waals surface area contributed by atoms with Crippen molar-refractivity contribution in [2.45, 2.75) is 44.8 Å². The minimum atomic E-state index is -0.711. The van der Waals surface area contributed by atoms with Crippen LogP contribution in [-0.2, 0) is 0 Å². The van der Waals surface area contributed by atoms with Crippen molar-refractivity contribution in [1.82, 2.24) is 0 Å². The van der Waals surface area contributed by atoms with Crippen LogP contribution in [-0.4, -0.2) is 29.5 Å². The lowest BCUT2D eigenvalue weighted by atomic mass is 9.89. The highest BCUT2D eigenvalue weighted by molar-refractivity contribution is 9.10. The van der Waals surface area contributed by atoms with Gasteiger partial charge in [0.1, 0.15) is 5.75 Å². The zero-order valence-corrected chi connectivity index (χ0v) is 12.6. The summed E-state index contributed by atoms with van der Waals surface area (Å²) in [6.45, 7) is 3.68. The molecule has 0 aliphatic carbocycles. The van der Waals surface area contributed by atoms with Gasteiger partial charge in [0.25, 0.3) is 0 Å². The van der Waals surface area contributed by atoms with E-state index >= 15 is 0 Å². The van der Waals surface area contributed by atoms with Crippen molar-refractivity contribution in [1.29, 1.82) is 0 Å². The Morgan fingerprint density at radius 2 is 2.00 bits per heavy atom. The van der Waals surface area contributed by atoms with Crippen molar-refractivity contribution in [2.24, 2.45) is 0 Å². The van der Waals surface area contributed by atoms with Crippen LogP contribution in [0.25, 0.3) is 0 Å². The average molecular weight is 317 g/mol. The molecule has 3 unspecified atom stereocenters. The van der Waals surface area contributed by atoms with Crippen molar-refractivity contribution >= 4 is 15.9 Å². The Morgan fingerprint density at radius 1 is 1.33 bits per heavy atom. The monoisotopic (exact) mass is 316 g/mol. The van der Waals surface area contributed by atoms with Crippen LogP contribution in [0.15, 0.2) is 22.7 Å². The van der Waals surface area contributed by atoms with E-state index in [1.165, 1.54) is 0 Å². The number of benzene rings is 1. The van der Waals surface area contributed by atoms with Crippen LogP contribution in [0.5, 0.6) is 5.75 Å². The molecule has 3 atom stereocenters. The van der Waals surface area contributed by atoms with Crippen molar-refractivity contribution in [2.75, 3.05) is 7.11 Å². The van der Waals surface area contributed by atoms with E-state index in [0.717, 1.165) is 22.2 Å². The van der Waals surface area contributed by atoms with Gasteiger partial charge >= 0.3 is 0 Å². The summed E-state index contributed by atoms with van der Waals surface area (Å²) in [6.07, 6.45) is -0.00626. The molecule has 2 N–H and O–H groups in total. The highest BCUT2D eigenvalue weighted by Gasteiger charge is 2.21. The molecule has 3 nitrogen and oxygen atoms in total. The number of ether oxygens (including phenoxy) is 1. The molecule has 1 aromatic carbocycles. The summed E-state index contributed by atoms with van der Waals surface area (Å²) in [5, 5.41) is 19.2. The molecule has 4 heteroatoms. The number of hydrogen-bond acceptors (Lipinski definition) is 3. The van der Waals surface area contributed by atoms with Crippen molar-refractivity contribution in [3.05, 3.63) is 28.2 Å². The lowest BCUT2D eigenvalue weighted by molar-refractivity contribution is 0.0214. The maximum Gasteiger partial charge on any atom is 0.122 e. The second kappa shape index (κ2) is 7.12. The molecule has 0 spiro atoms. The maximum atomic E-state index is 9.82. The average Bonchev–Trinajstić information content (AvgIpc) is 2.35. The minimum Gasteiger partial charge on any atom is -0.496 e. The summed E-state index contributed by atoms with van der Waals surface area (Å²) < 4.78 is 6.35. The zero-order chi connectivity index (χ0) is 13.7. The number of halogens is 1. The lowest BCUT2D eigenvalue weighted by Gasteiger charge is -2.23. The van der Waals surface area contributed by atoms with Gasteiger partial charge in [-0.05, 0) is 49.4 Å². The molecule has 0 fully saturated rings. The van der Waals surface area contributed by atoms with Gasteiger partial charge in [0.2, 0.25) is 0 Å². The fourth-order valence-corrected chi connectivity index (χ4v) is 2.41. The normalized spacial score (nSPS) is 16.1. The number of aliphatic hydroxyl groups excluding tert-OH is 2.